The van der Waals surface area contributed by atoms with Gasteiger partial charge in [0.2, 0.25) is 0 Å². The Balaban J connectivity index is 1.85. The summed E-state index contributed by atoms with van der Waals surface area (Å²) in [7, 11) is 0. The van der Waals surface area contributed by atoms with Gasteiger partial charge in [-0.25, -0.2) is 0 Å². The summed E-state index contributed by atoms with van der Waals surface area (Å²) < 4.78 is 0. The van der Waals surface area contributed by atoms with Gasteiger partial charge in [0, 0.05) is 23.6 Å². The lowest BCUT2D eigenvalue weighted by Crippen LogP contribution is -2.27. The number of aryl methyl sites for hydroxylation is 2. The molecule has 2 unspecified atom stereocenters. The summed E-state index contributed by atoms with van der Waals surface area (Å²) in [5, 5.41) is 22.0. The van der Waals surface area contributed by atoms with E-state index in [1.807, 2.05) is 26.3 Å². The van der Waals surface area contributed by atoms with E-state index in [2.05, 4.69) is 52.0 Å². The number of rotatable bonds is 18. The highest BCUT2D eigenvalue weighted by molar-refractivity contribution is 5.85. The van der Waals surface area contributed by atoms with Gasteiger partial charge in [0.25, 0.3) is 0 Å². The maximum Gasteiger partial charge on any atom is 0.127 e. The van der Waals surface area contributed by atoms with Crippen LogP contribution in [0, 0.1) is 13.8 Å². The molecule has 2 N–H and O–H groups in total. The topological polar surface area (TPSA) is 65.2 Å². The van der Waals surface area contributed by atoms with E-state index in [4.69, 9.17) is 9.98 Å². The van der Waals surface area contributed by atoms with Crippen LogP contribution in [0.5, 0.6) is 11.5 Å². The molecule has 3 rings (SSSR count). The molecule has 0 amide bonds. The summed E-state index contributed by atoms with van der Waals surface area (Å²) in [5.41, 5.74) is 6.20. The number of unbranched alkanes of at least 4 members (excludes halogenated alkanes) is 4. The van der Waals surface area contributed by atoms with Crippen molar-refractivity contribution in [2.24, 2.45) is 9.98 Å². The van der Waals surface area contributed by atoms with Crippen LogP contribution in [0.3, 0.4) is 0 Å². The number of hydrogen-bond donors (Lipinski definition) is 2. The van der Waals surface area contributed by atoms with Gasteiger partial charge < -0.3 is 10.2 Å². The van der Waals surface area contributed by atoms with Gasteiger partial charge in [-0.15, -0.1) is 0 Å². The highest BCUT2D eigenvalue weighted by Gasteiger charge is 2.24. The molecule has 244 valence electrons. The third-order valence-corrected chi connectivity index (χ3v) is 9.78. The zero-order valence-corrected chi connectivity index (χ0v) is 28.9. The second-order valence-electron chi connectivity index (χ2n) is 13.5. The van der Waals surface area contributed by atoms with Gasteiger partial charge in [-0.05, 0) is 98.6 Å². The summed E-state index contributed by atoms with van der Waals surface area (Å²) in [6.07, 6.45) is 22.6. The smallest absolute Gasteiger partial charge is 0.127 e. The molecule has 0 aliphatic heterocycles. The number of aromatic hydroxyl groups is 2. The number of benzene rings is 2. The zero-order chi connectivity index (χ0) is 31.9. The number of phenols is 2. The molecule has 4 nitrogen and oxygen atoms in total. The number of phenolic OH excluding ortho intramolecular Hbond substituents is 2. The van der Waals surface area contributed by atoms with E-state index in [0.717, 1.165) is 47.9 Å². The van der Waals surface area contributed by atoms with Crippen LogP contribution in [0.15, 0.2) is 34.3 Å². The third-order valence-electron chi connectivity index (χ3n) is 9.78. The van der Waals surface area contributed by atoms with Crippen LogP contribution in [0.1, 0.15) is 176 Å². The molecule has 0 bridgehead atoms. The van der Waals surface area contributed by atoms with E-state index in [1.54, 1.807) is 0 Å². The van der Waals surface area contributed by atoms with Gasteiger partial charge in [-0.1, -0.05) is 104 Å². The highest BCUT2D eigenvalue weighted by atomic mass is 16.3. The van der Waals surface area contributed by atoms with Crippen molar-refractivity contribution in [3.8, 4) is 11.5 Å². The van der Waals surface area contributed by atoms with E-state index in [1.165, 1.54) is 88.2 Å². The van der Waals surface area contributed by atoms with Crippen molar-refractivity contribution in [3.05, 3.63) is 57.6 Å². The van der Waals surface area contributed by atoms with Crippen LogP contribution < -0.4 is 0 Å². The van der Waals surface area contributed by atoms with Crippen LogP contribution in [-0.2, 0) is 0 Å². The normalized spacial score (nSPS) is 17.5. The minimum absolute atomic E-state index is 0.0765. The summed E-state index contributed by atoms with van der Waals surface area (Å²) in [6.45, 7) is 13.1. The van der Waals surface area contributed by atoms with Crippen molar-refractivity contribution in [1.29, 1.82) is 0 Å². The first-order chi connectivity index (χ1) is 21.3. The van der Waals surface area contributed by atoms with E-state index < -0.39 is 0 Å². The fourth-order valence-corrected chi connectivity index (χ4v) is 6.89. The molecule has 2 atom stereocenters. The van der Waals surface area contributed by atoms with Gasteiger partial charge in [-0.2, -0.15) is 0 Å². The lowest BCUT2D eigenvalue weighted by molar-refractivity contribution is 0.390. The predicted molar refractivity (Wildman–Crippen MR) is 191 cm³/mol. The molecule has 0 radical (unpaired) electrons. The molecule has 2 aromatic rings. The van der Waals surface area contributed by atoms with Crippen molar-refractivity contribution in [2.45, 2.75) is 168 Å². The van der Waals surface area contributed by atoms with Crippen LogP contribution >= 0.6 is 0 Å². The first kappa shape index (κ1) is 35.9. The Bertz CT molecular complexity index is 1090. The Morgan fingerprint density at radius 3 is 1.27 bits per heavy atom. The van der Waals surface area contributed by atoms with Crippen LogP contribution in [-0.4, -0.2) is 34.7 Å². The second-order valence-corrected chi connectivity index (χ2v) is 13.5. The Morgan fingerprint density at radius 2 is 0.955 bits per heavy atom. The Labute approximate surface area is 269 Å². The second kappa shape index (κ2) is 19.0. The average molecular weight is 603 g/mol. The minimum atomic E-state index is 0.0765. The van der Waals surface area contributed by atoms with Crippen molar-refractivity contribution < 1.29 is 10.2 Å². The molecule has 0 heterocycles. The molecule has 4 heteroatoms. The molecule has 2 aromatic carbocycles. The molecular weight excluding hydrogens is 540 g/mol. The van der Waals surface area contributed by atoms with Gasteiger partial charge in [-0.3, -0.25) is 9.98 Å². The van der Waals surface area contributed by atoms with Crippen LogP contribution in [0.25, 0.3) is 0 Å². The van der Waals surface area contributed by atoms with Gasteiger partial charge in [0.15, 0.2) is 0 Å². The van der Waals surface area contributed by atoms with E-state index in [9.17, 15) is 10.2 Å². The summed E-state index contributed by atoms with van der Waals surface area (Å²) in [6, 6.07) is 8.90. The molecule has 1 aliphatic carbocycles. The van der Waals surface area contributed by atoms with Crippen LogP contribution in [0.2, 0.25) is 0 Å². The van der Waals surface area contributed by atoms with Crippen molar-refractivity contribution in [1.82, 2.24) is 0 Å². The zero-order valence-electron chi connectivity index (χ0n) is 28.9. The first-order valence-electron chi connectivity index (χ1n) is 18.1. The predicted octanol–water partition coefficient (Wildman–Crippen LogP) is 11.5. The number of aliphatic imine (C=N–C) groups is 2. The van der Waals surface area contributed by atoms with E-state index in [0.29, 0.717) is 23.3 Å². The molecule has 44 heavy (non-hydrogen) atoms. The Morgan fingerprint density at radius 1 is 0.614 bits per heavy atom. The van der Waals surface area contributed by atoms with E-state index in [-0.39, 0.29) is 12.1 Å². The van der Waals surface area contributed by atoms with Crippen molar-refractivity contribution in [2.75, 3.05) is 0 Å². The Hall–Kier alpha value is -2.62. The maximum absolute atomic E-state index is 11.0. The molecule has 1 fully saturated rings. The maximum atomic E-state index is 11.0. The van der Waals surface area contributed by atoms with Crippen LogP contribution in [0.4, 0.5) is 0 Å². The first-order valence-corrected chi connectivity index (χ1v) is 18.1. The molecule has 0 spiro atoms. The molecule has 1 saturated carbocycles. The monoisotopic (exact) mass is 602 g/mol. The fraction of sp³-hybridized carbons (Fsp3) is 0.650. The van der Waals surface area contributed by atoms with Gasteiger partial charge in [0.05, 0.1) is 12.1 Å². The molecule has 0 saturated heterocycles. The third kappa shape index (κ3) is 10.5. The quantitative estimate of drug-likeness (QED) is 0.167. The van der Waals surface area contributed by atoms with Crippen molar-refractivity contribution in [3.63, 3.8) is 0 Å². The Kier molecular flexibility index (Phi) is 15.5. The lowest BCUT2D eigenvalue weighted by Gasteiger charge is -2.26. The molecule has 1 aliphatic rings. The minimum Gasteiger partial charge on any atom is -0.507 e. The molecule has 0 aromatic heterocycles. The summed E-state index contributed by atoms with van der Waals surface area (Å²) in [4.78, 5) is 10.1. The SMILES string of the molecule is CCCCC(CCCC)c1cc(C)c(O)c(/C=N/C2CCCCC2/N=C/c2cc(C(CCCC)CCCC)cc(C)c2O)c1. The van der Waals surface area contributed by atoms with Crippen molar-refractivity contribution >= 4 is 12.4 Å². The summed E-state index contributed by atoms with van der Waals surface area (Å²) >= 11 is 0. The summed E-state index contributed by atoms with van der Waals surface area (Å²) in [5.74, 6) is 1.75. The number of hydrogen-bond acceptors (Lipinski definition) is 4. The van der Waals surface area contributed by atoms with Gasteiger partial charge in [0.1, 0.15) is 11.5 Å². The largest absolute Gasteiger partial charge is 0.507 e. The molecular formula is C40H62N2O2. The average Bonchev–Trinajstić information content (AvgIpc) is 3.03. The number of nitrogens with zero attached hydrogens (tertiary/aromatic N) is 2. The fourth-order valence-electron chi connectivity index (χ4n) is 6.89. The standard InChI is InChI=1S/C40H62N2O2/c1-7-11-17-31(18-12-8-2)33-23-29(5)39(43)35(25-33)27-41-37-21-15-16-22-38(37)42-28-36-26-34(24-30(6)40(36)44)32(19-13-9-3)20-14-10-4/h23-28,31-32,37-38,43-44H,7-22H2,1-6H3/b41-27+,42-28+. The lowest BCUT2D eigenvalue weighted by atomic mass is 9.87. The highest BCUT2D eigenvalue weighted by Crippen LogP contribution is 2.35. The van der Waals surface area contributed by atoms with Gasteiger partial charge >= 0.3 is 0 Å². The van der Waals surface area contributed by atoms with E-state index >= 15 is 0 Å².